The van der Waals surface area contributed by atoms with Crippen molar-refractivity contribution in [3.8, 4) is 11.3 Å². The molecule has 1 aromatic heterocycles. The van der Waals surface area contributed by atoms with Crippen molar-refractivity contribution >= 4 is 5.82 Å². The number of hydrogen-bond donors (Lipinski definition) is 2. The van der Waals surface area contributed by atoms with Gasteiger partial charge in [-0.05, 0) is 31.9 Å². The Hall–Kier alpha value is -1.84. The van der Waals surface area contributed by atoms with E-state index in [2.05, 4.69) is 48.3 Å². The molecule has 0 unspecified atom stereocenters. The van der Waals surface area contributed by atoms with Crippen LogP contribution in [0.25, 0.3) is 11.3 Å². The minimum absolute atomic E-state index is 0.449. The van der Waals surface area contributed by atoms with E-state index < -0.39 is 0 Å². The lowest BCUT2D eigenvalue weighted by molar-refractivity contribution is 0.944. The van der Waals surface area contributed by atoms with Crippen LogP contribution in [0, 0.1) is 20.8 Å². The third-order valence-corrected chi connectivity index (χ3v) is 2.49. The average molecular weight is 202 g/mol. The number of nitrogens with two attached hydrogens (primary N) is 1. The maximum absolute atomic E-state index is 5.74. The van der Waals surface area contributed by atoms with Gasteiger partial charge in [-0.15, -0.1) is 5.10 Å². The average Bonchev–Trinajstić information content (AvgIpc) is 2.50. The molecule has 1 aromatic carbocycles. The van der Waals surface area contributed by atoms with Crippen molar-refractivity contribution in [2.75, 3.05) is 5.73 Å². The second kappa shape index (κ2) is 3.38. The Morgan fingerprint density at radius 2 is 1.67 bits per heavy atom. The number of aryl methyl sites for hydroxylation is 3. The van der Waals surface area contributed by atoms with E-state index in [1.165, 1.54) is 16.7 Å². The first-order valence-corrected chi connectivity index (χ1v) is 4.84. The van der Waals surface area contributed by atoms with Crippen molar-refractivity contribution in [2.24, 2.45) is 0 Å². The summed E-state index contributed by atoms with van der Waals surface area (Å²) in [6.45, 7) is 6.20. The van der Waals surface area contributed by atoms with Gasteiger partial charge in [-0.1, -0.05) is 17.7 Å². The van der Waals surface area contributed by atoms with Gasteiger partial charge in [0.05, 0.1) is 0 Å². The summed E-state index contributed by atoms with van der Waals surface area (Å²) in [6, 6.07) is 4.24. The quantitative estimate of drug-likeness (QED) is 0.743. The zero-order valence-electron chi connectivity index (χ0n) is 9.13. The van der Waals surface area contributed by atoms with Crippen LogP contribution in [0.4, 0.5) is 5.82 Å². The minimum Gasteiger partial charge on any atom is -0.380 e. The number of nitrogen functional groups attached to an aromatic ring is 1. The Bertz CT molecular complexity index is 476. The van der Waals surface area contributed by atoms with Crippen LogP contribution in [0.1, 0.15) is 16.7 Å². The number of nitrogens with zero attached hydrogens (tertiary/aromatic N) is 2. The number of benzene rings is 1. The van der Waals surface area contributed by atoms with Gasteiger partial charge in [0, 0.05) is 5.56 Å². The highest BCUT2D eigenvalue weighted by atomic mass is 15.3. The lowest BCUT2D eigenvalue weighted by atomic mass is 9.97. The van der Waals surface area contributed by atoms with Gasteiger partial charge < -0.3 is 5.73 Å². The Morgan fingerprint density at radius 3 is 2.13 bits per heavy atom. The highest BCUT2D eigenvalue weighted by molar-refractivity contribution is 5.75. The molecule has 2 rings (SSSR count). The van der Waals surface area contributed by atoms with Crippen LogP contribution in [0.3, 0.4) is 0 Å². The molecule has 4 heteroatoms. The zero-order valence-corrected chi connectivity index (χ0v) is 9.13. The number of anilines is 1. The van der Waals surface area contributed by atoms with Crippen molar-refractivity contribution in [3.05, 3.63) is 28.8 Å². The van der Waals surface area contributed by atoms with Crippen molar-refractivity contribution in [1.29, 1.82) is 0 Å². The van der Waals surface area contributed by atoms with Gasteiger partial charge in [0.25, 0.3) is 0 Å². The fraction of sp³-hybridized carbons (Fsp3) is 0.273. The van der Waals surface area contributed by atoms with Gasteiger partial charge in [-0.25, -0.2) is 0 Å². The molecule has 0 aliphatic carbocycles. The molecule has 78 valence electrons. The van der Waals surface area contributed by atoms with Crippen LogP contribution in [-0.4, -0.2) is 15.4 Å². The number of aromatic amines is 1. The second-order valence-corrected chi connectivity index (χ2v) is 3.83. The summed E-state index contributed by atoms with van der Waals surface area (Å²) in [5.74, 6) is 0.449. The van der Waals surface area contributed by atoms with Crippen LogP contribution in [0.15, 0.2) is 12.1 Å². The van der Waals surface area contributed by atoms with Gasteiger partial charge in [0.1, 0.15) is 5.69 Å². The van der Waals surface area contributed by atoms with E-state index in [1.807, 2.05) is 0 Å². The third kappa shape index (κ3) is 1.58. The van der Waals surface area contributed by atoms with Gasteiger partial charge in [-0.2, -0.15) is 10.3 Å². The molecular weight excluding hydrogens is 188 g/mol. The summed E-state index contributed by atoms with van der Waals surface area (Å²) in [5, 5.41) is 10.5. The van der Waals surface area contributed by atoms with Gasteiger partial charge >= 0.3 is 0 Å². The molecular formula is C11H14N4. The largest absolute Gasteiger partial charge is 0.380 e. The molecule has 1 heterocycles. The molecule has 4 nitrogen and oxygen atoms in total. The Labute approximate surface area is 88.5 Å². The molecule has 0 radical (unpaired) electrons. The van der Waals surface area contributed by atoms with Crippen molar-refractivity contribution in [1.82, 2.24) is 15.4 Å². The standard InChI is InChI=1S/C11H14N4/c1-6-4-7(2)9(8(3)5-6)10-11(12)14-15-13-10/h4-5H,1-3H3,(H3,12,13,14,15). The van der Waals surface area contributed by atoms with E-state index in [1.54, 1.807) is 0 Å². The van der Waals surface area contributed by atoms with Crippen molar-refractivity contribution < 1.29 is 0 Å². The molecule has 15 heavy (non-hydrogen) atoms. The summed E-state index contributed by atoms with van der Waals surface area (Å²) in [7, 11) is 0. The maximum Gasteiger partial charge on any atom is 0.173 e. The molecule has 0 atom stereocenters. The van der Waals surface area contributed by atoms with Crippen LogP contribution in [0.2, 0.25) is 0 Å². The molecule has 0 aliphatic heterocycles. The topological polar surface area (TPSA) is 67.6 Å². The predicted molar refractivity (Wildman–Crippen MR) is 60.4 cm³/mol. The SMILES string of the molecule is Cc1cc(C)c(-c2n[nH]nc2N)c(C)c1. The fourth-order valence-corrected chi connectivity index (χ4v) is 1.98. The highest BCUT2D eigenvalue weighted by Crippen LogP contribution is 2.29. The normalized spacial score (nSPS) is 10.6. The molecule has 0 spiro atoms. The van der Waals surface area contributed by atoms with E-state index in [0.29, 0.717) is 5.82 Å². The smallest absolute Gasteiger partial charge is 0.173 e. The molecule has 0 bridgehead atoms. The van der Waals surface area contributed by atoms with E-state index in [4.69, 9.17) is 5.73 Å². The Balaban J connectivity index is 2.68. The van der Waals surface area contributed by atoms with Crippen LogP contribution in [0.5, 0.6) is 0 Å². The van der Waals surface area contributed by atoms with Crippen LogP contribution in [-0.2, 0) is 0 Å². The van der Waals surface area contributed by atoms with E-state index in [-0.39, 0.29) is 0 Å². The molecule has 0 amide bonds. The molecule has 3 N–H and O–H groups in total. The van der Waals surface area contributed by atoms with Crippen molar-refractivity contribution in [2.45, 2.75) is 20.8 Å². The molecule has 0 saturated heterocycles. The molecule has 2 aromatic rings. The summed E-state index contributed by atoms with van der Waals surface area (Å²) in [5.41, 5.74) is 11.2. The minimum atomic E-state index is 0.449. The first-order chi connectivity index (χ1) is 7.09. The first-order valence-electron chi connectivity index (χ1n) is 4.84. The summed E-state index contributed by atoms with van der Waals surface area (Å²) in [4.78, 5) is 0. The maximum atomic E-state index is 5.74. The number of nitrogens with one attached hydrogen (secondary N) is 1. The lowest BCUT2D eigenvalue weighted by Crippen LogP contribution is -1.94. The zero-order chi connectivity index (χ0) is 11.0. The molecule has 0 saturated carbocycles. The molecule has 0 aliphatic rings. The Morgan fingerprint density at radius 1 is 1.07 bits per heavy atom. The monoisotopic (exact) mass is 202 g/mol. The summed E-state index contributed by atoms with van der Waals surface area (Å²) >= 11 is 0. The van der Waals surface area contributed by atoms with Gasteiger partial charge in [0.2, 0.25) is 0 Å². The second-order valence-electron chi connectivity index (χ2n) is 3.83. The van der Waals surface area contributed by atoms with Crippen molar-refractivity contribution in [3.63, 3.8) is 0 Å². The molecule has 0 fully saturated rings. The summed E-state index contributed by atoms with van der Waals surface area (Å²) in [6.07, 6.45) is 0. The highest BCUT2D eigenvalue weighted by Gasteiger charge is 2.12. The number of hydrogen-bond acceptors (Lipinski definition) is 3. The van der Waals surface area contributed by atoms with Crippen LogP contribution >= 0.6 is 0 Å². The van der Waals surface area contributed by atoms with Gasteiger partial charge in [0.15, 0.2) is 5.82 Å². The lowest BCUT2D eigenvalue weighted by Gasteiger charge is -2.08. The first kappa shape index (κ1) is 9.71. The van der Waals surface area contributed by atoms with E-state index in [9.17, 15) is 0 Å². The summed E-state index contributed by atoms with van der Waals surface area (Å²) < 4.78 is 0. The predicted octanol–water partition coefficient (Wildman–Crippen LogP) is 1.98. The number of H-pyrrole nitrogens is 1. The number of rotatable bonds is 1. The van der Waals surface area contributed by atoms with E-state index >= 15 is 0 Å². The number of aromatic nitrogens is 3. The van der Waals surface area contributed by atoms with E-state index in [0.717, 1.165) is 11.3 Å². The fourth-order valence-electron chi connectivity index (χ4n) is 1.98. The third-order valence-electron chi connectivity index (χ3n) is 2.49. The van der Waals surface area contributed by atoms with Gasteiger partial charge in [-0.3, -0.25) is 0 Å². The van der Waals surface area contributed by atoms with Crippen LogP contribution < -0.4 is 5.73 Å². The Kier molecular flexibility index (Phi) is 2.19.